The maximum absolute atomic E-state index is 11.9. The van der Waals surface area contributed by atoms with Crippen molar-refractivity contribution in [3.8, 4) is 5.75 Å². The Balaban J connectivity index is 1.73. The topological polar surface area (TPSA) is 71.9 Å². The van der Waals surface area contributed by atoms with Crippen LogP contribution in [-0.4, -0.2) is 51.6 Å². The van der Waals surface area contributed by atoms with Crippen LogP contribution in [-0.2, 0) is 16.0 Å². The molecular weight excluding hydrogens is 270 g/mol. The molecule has 1 aliphatic heterocycles. The van der Waals surface area contributed by atoms with E-state index in [0.717, 1.165) is 29.2 Å². The third-order valence-electron chi connectivity index (χ3n) is 3.53. The van der Waals surface area contributed by atoms with Crippen LogP contribution in [0.4, 0.5) is 0 Å². The molecule has 1 fully saturated rings. The van der Waals surface area contributed by atoms with Gasteiger partial charge in [0.2, 0.25) is 0 Å². The molecule has 0 saturated carbocycles. The van der Waals surface area contributed by atoms with Crippen molar-refractivity contribution in [2.75, 3.05) is 39.8 Å². The molecule has 0 aromatic heterocycles. The fraction of sp³-hybridized carbons (Fsp3) is 0.467. The van der Waals surface area contributed by atoms with Crippen LogP contribution in [0.3, 0.4) is 0 Å². The number of benzene rings is 1. The van der Waals surface area contributed by atoms with Crippen LogP contribution in [0, 0.1) is 0 Å². The van der Waals surface area contributed by atoms with Crippen LogP contribution >= 0.6 is 0 Å². The first-order chi connectivity index (χ1) is 10.2. The molecule has 0 bridgehead atoms. The van der Waals surface area contributed by atoms with E-state index in [1.807, 2.05) is 24.3 Å². The van der Waals surface area contributed by atoms with Crippen LogP contribution in [0.25, 0.3) is 0 Å². The summed E-state index contributed by atoms with van der Waals surface area (Å²) in [6.45, 7) is 2.73. The van der Waals surface area contributed by atoms with Crippen LogP contribution < -0.4 is 20.3 Å². The van der Waals surface area contributed by atoms with E-state index < -0.39 is 0 Å². The summed E-state index contributed by atoms with van der Waals surface area (Å²) in [5, 5.41) is 5.65. The molecule has 2 rings (SSSR count). The lowest BCUT2D eigenvalue weighted by molar-refractivity contribution is -0.885. The van der Waals surface area contributed by atoms with E-state index in [-0.39, 0.29) is 11.8 Å². The number of nitrogens with one attached hydrogen (secondary N) is 3. The van der Waals surface area contributed by atoms with Gasteiger partial charge in [0.05, 0.1) is 20.2 Å². The standard InChI is InChI=1S/C15H21N3O3/c1-21-13-5-3-2-4-12(13)6-7-16-14(19)10-18-9-8-17-15(20)11-18/h2-5H,6-11H2,1H3,(H,16,19)(H,17,20)/p+1. The normalized spacial score (nSPS) is 18.0. The second kappa shape index (κ2) is 7.64. The lowest BCUT2D eigenvalue weighted by atomic mass is 10.1. The number of amides is 2. The Labute approximate surface area is 124 Å². The average molecular weight is 292 g/mol. The quantitative estimate of drug-likeness (QED) is 0.589. The van der Waals surface area contributed by atoms with Crippen LogP contribution in [0.5, 0.6) is 5.75 Å². The van der Waals surface area contributed by atoms with Gasteiger partial charge in [-0.25, -0.2) is 0 Å². The van der Waals surface area contributed by atoms with Crippen molar-refractivity contribution in [2.24, 2.45) is 0 Å². The highest BCUT2D eigenvalue weighted by atomic mass is 16.5. The zero-order chi connectivity index (χ0) is 15.1. The molecule has 0 aliphatic carbocycles. The van der Waals surface area contributed by atoms with Gasteiger partial charge in [-0.15, -0.1) is 0 Å². The molecular formula is C15H22N3O3+. The van der Waals surface area contributed by atoms with E-state index in [9.17, 15) is 9.59 Å². The van der Waals surface area contributed by atoms with Crippen molar-refractivity contribution in [3.05, 3.63) is 29.8 Å². The highest BCUT2D eigenvalue weighted by Gasteiger charge is 2.21. The molecule has 1 aromatic carbocycles. The molecule has 114 valence electrons. The molecule has 1 heterocycles. The second-order valence-electron chi connectivity index (χ2n) is 5.12. The first-order valence-corrected chi connectivity index (χ1v) is 7.18. The van der Waals surface area contributed by atoms with Crippen molar-refractivity contribution in [3.63, 3.8) is 0 Å². The van der Waals surface area contributed by atoms with E-state index in [0.29, 0.717) is 26.2 Å². The molecule has 1 aliphatic rings. The molecule has 0 spiro atoms. The maximum Gasteiger partial charge on any atom is 0.275 e. The van der Waals surface area contributed by atoms with E-state index in [4.69, 9.17) is 4.74 Å². The highest BCUT2D eigenvalue weighted by Crippen LogP contribution is 2.16. The molecule has 2 amide bonds. The minimum absolute atomic E-state index is 0.0121. The van der Waals surface area contributed by atoms with Crippen molar-refractivity contribution >= 4 is 11.8 Å². The van der Waals surface area contributed by atoms with Crippen LogP contribution in [0.15, 0.2) is 24.3 Å². The number of methoxy groups -OCH3 is 1. The van der Waals surface area contributed by atoms with Gasteiger partial charge < -0.3 is 20.3 Å². The predicted molar refractivity (Wildman–Crippen MR) is 78.3 cm³/mol. The Morgan fingerprint density at radius 1 is 1.43 bits per heavy atom. The smallest absolute Gasteiger partial charge is 0.275 e. The van der Waals surface area contributed by atoms with Gasteiger partial charge in [0, 0.05) is 6.54 Å². The van der Waals surface area contributed by atoms with E-state index in [1.165, 1.54) is 0 Å². The van der Waals surface area contributed by atoms with Gasteiger partial charge in [-0.05, 0) is 18.1 Å². The molecule has 21 heavy (non-hydrogen) atoms. The van der Waals surface area contributed by atoms with Gasteiger partial charge in [-0.2, -0.15) is 0 Å². The summed E-state index contributed by atoms with van der Waals surface area (Å²) in [7, 11) is 1.64. The number of hydrogen-bond donors (Lipinski definition) is 3. The molecule has 0 radical (unpaired) electrons. The molecule has 1 atom stereocenters. The average Bonchev–Trinajstić information content (AvgIpc) is 2.47. The molecule has 1 unspecified atom stereocenters. The molecule has 6 nitrogen and oxygen atoms in total. The summed E-state index contributed by atoms with van der Waals surface area (Å²) in [6, 6.07) is 7.78. The summed E-state index contributed by atoms with van der Waals surface area (Å²) in [6.07, 6.45) is 0.728. The van der Waals surface area contributed by atoms with Crippen molar-refractivity contribution in [1.82, 2.24) is 10.6 Å². The number of hydrogen-bond acceptors (Lipinski definition) is 3. The lowest BCUT2D eigenvalue weighted by Gasteiger charge is -2.22. The number of piperazine rings is 1. The zero-order valence-electron chi connectivity index (χ0n) is 12.3. The van der Waals surface area contributed by atoms with Gasteiger partial charge in [-0.1, -0.05) is 18.2 Å². The number of para-hydroxylation sites is 1. The number of quaternary nitrogens is 1. The Bertz CT molecular complexity index is 505. The van der Waals surface area contributed by atoms with Gasteiger partial charge in [0.25, 0.3) is 11.8 Å². The number of carbonyl (C=O) groups excluding carboxylic acids is 2. The SMILES string of the molecule is COc1ccccc1CCNC(=O)C[NH+]1CCNC(=O)C1. The number of carbonyl (C=O) groups is 2. The Morgan fingerprint density at radius 2 is 2.24 bits per heavy atom. The summed E-state index contributed by atoms with van der Waals surface area (Å²) in [5.41, 5.74) is 1.07. The second-order valence-corrected chi connectivity index (χ2v) is 5.12. The fourth-order valence-corrected chi connectivity index (χ4v) is 2.44. The minimum Gasteiger partial charge on any atom is -0.496 e. The summed E-state index contributed by atoms with van der Waals surface area (Å²) in [4.78, 5) is 24.1. The van der Waals surface area contributed by atoms with Crippen molar-refractivity contribution < 1.29 is 19.2 Å². The molecule has 3 N–H and O–H groups in total. The van der Waals surface area contributed by atoms with Crippen molar-refractivity contribution in [2.45, 2.75) is 6.42 Å². The zero-order valence-corrected chi connectivity index (χ0v) is 12.3. The predicted octanol–water partition coefficient (Wildman–Crippen LogP) is -1.63. The monoisotopic (exact) mass is 292 g/mol. The number of ether oxygens (including phenoxy) is 1. The third-order valence-corrected chi connectivity index (χ3v) is 3.53. The van der Waals surface area contributed by atoms with Gasteiger partial charge >= 0.3 is 0 Å². The fourth-order valence-electron chi connectivity index (χ4n) is 2.44. The van der Waals surface area contributed by atoms with E-state index in [1.54, 1.807) is 7.11 Å². The first kappa shape index (κ1) is 15.3. The Morgan fingerprint density at radius 3 is 3.00 bits per heavy atom. The Kier molecular flexibility index (Phi) is 5.57. The maximum atomic E-state index is 11.9. The molecule has 1 saturated heterocycles. The number of rotatable bonds is 6. The first-order valence-electron chi connectivity index (χ1n) is 7.18. The largest absolute Gasteiger partial charge is 0.496 e. The summed E-state index contributed by atoms with van der Waals surface area (Å²) < 4.78 is 5.27. The molecule has 1 aromatic rings. The molecule has 6 heteroatoms. The highest BCUT2D eigenvalue weighted by molar-refractivity contribution is 5.79. The third kappa shape index (κ3) is 4.75. The van der Waals surface area contributed by atoms with E-state index in [2.05, 4.69) is 10.6 Å². The van der Waals surface area contributed by atoms with Crippen LogP contribution in [0.2, 0.25) is 0 Å². The summed E-state index contributed by atoms with van der Waals surface area (Å²) in [5.74, 6) is 0.831. The lowest BCUT2D eigenvalue weighted by Crippen LogP contribution is -3.16. The van der Waals surface area contributed by atoms with Crippen LogP contribution in [0.1, 0.15) is 5.56 Å². The van der Waals surface area contributed by atoms with Gasteiger partial charge in [-0.3, -0.25) is 9.59 Å². The van der Waals surface area contributed by atoms with E-state index >= 15 is 0 Å². The van der Waals surface area contributed by atoms with Gasteiger partial charge in [0.1, 0.15) is 5.75 Å². The van der Waals surface area contributed by atoms with Gasteiger partial charge in [0.15, 0.2) is 13.1 Å². The van der Waals surface area contributed by atoms with Crippen molar-refractivity contribution in [1.29, 1.82) is 0 Å². The minimum atomic E-state index is -0.0189. The summed E-state index contributed by atoms with van der Waals surface area (Å²) >= 11 is 0. The Hall–Kier alpha value is -2.08.